The Bertz CT molecular complexity index is 869. The first-order chi connectivity index (χ1) is 11.7. The van der Waals surface area contributed by atoms with E-state index in [0.29, 0.717) is 17.7 Å². The van der Waals surface area contributed by atoms with Crippen molar-refractivity contribution in [1.82, 2.24) is 4.90 Å². The van der Waals surface area contributed by atoms with Gasteiger partial charge in [0.25, 0.3) is 5.91 Å². The van der Waals surface area contributed by atoms with Crippen LogP contribution >= 0.6 is 0 Å². The van der Waals surface area contributed by atoms with Crippen LogP contribution in [0.25, 0.3) is 0 Å². The number of amides is 1. The van der Waals surface area contributed by atoms with E-state index in [-0.39, 0.29) is 18.7 Å². The van der Waals surface area contributed by atoms with Crippen molar-refractivity contribution in [3.63, 3.8) is 0 Å². The molecule has 1 amide bonds. The summed E-state index contributed by atoms with van der Waals surface area (Å²) in [7, 11) is 0. The van der Waals surface area contributed by atoms with Gasteiger partial charge in [-0.3, -0.25) is 4.79 Å². The molecule has 0 bridgehead atoms. The molecule has 24 heavy (non-hydrogen) atoms. The van der Waals surface area contributed by atoms with Gasteiger partial charge in [-0.1, -0.05) is 6.07 Å². The molecule has 0 fully saturated rings. The molecule has 5 nitrogen and oxygen atoms in total. The Morgan fingerprint density at radius 3 is 2.71 bits per heavy atom. The average Bonchev–Trinajstić information content (AvgIpc) is 3.06. The molecule has 2 aromatic carbocycles. The maximum absolute atomic E-state index is 12.9. The van der Waals surface area contributed by atoms with Gasteiger partial charge in [-0.15, -0.1) is 0 Å². The number of hydrogen-bond donors (Lipinski definition) is 0. The maximum atomic E-state index is 12.9. The minimum Gasteiger partial charge on any atom is -0.454 e. The molecule has 1 atom stereocenters. The molecule has 0 saturated carbocycles. The molecule has 0 aromatic heterocycles. The molecule has 2 aliphatic rings. The predicted molar refractivity (Wildman–Crippen MR) is 86.8 cm³/mol. The molecular formula is C19H16N2O3. The molecule has 0 aliphatic carbocycles. The van der Waals surface area contributed by atoms with Crippen molar-refractivity contribution in [2.45, 2.75) is 25.9 Å². The van der Waals surface area contributed by atoms with Crippen LogP contribution in [0.15, 0.2) is 36.4 Å². The lowest BCUT2D eigenvalue weighted by Crippen LogP contribution is -2.42. The molecule has 2 heterocycles. The highest BCUT2D eigenvalue weighted by Gasteiger charge is 2.29. The second-order valence-corrected chi connectivity index (χ2v) is 6.15. The summed E-state index contributed by atoms with van der Waals surface area (Å²) >= 11 is 0. The van der Waals surface area contributed by atoms with E-state index in [1.807, 2.05) is 24.0 Å². The van der Waals surface area contributed by atoms with E-state index in [4.69, 9.17) is 14.7 Å². The van der Waals surface area contributed by atoms with Gasteiger partial charge in [-0.2, -0.15) is 5.26 Å². The zero-order chi connectivity index (χ0) is 16.7. The summed E-state index contributed by atoms with van der Waals surface area (Å²) in [6.45, 7) is 2.82. The van der Waals surface area contributed by atoms with Gasteiger partial charge in [0.1, 0.15) is 0 Å². The third kappa shape index (κ3) is 2.37. The van der Waals surface area contributed by atoms with Crippen molar-refractivity contribution in [2.75, 3.05) is 6.79 Å². The first-order valence-corrected chi connectivity index (χ1v) is 7.88. The fraction of sp³-hybridized carbons (Fsp3) is 0.263. The molecule has 5 heteroatoms. The number of nitrogens with zero attached hydrogens (tertiary/aromatic N) is 2. The molecule has 2 aliphatic heterocycles. The monoisotopic (exact) mass is 320 g/mol. The lowest BCUT2D eigenvalue weighted by atomic mass is 9.93. The number of rotatable bonds is 1. The topological polar surface area (TPSA) is 62.6 Å². The summed E-state index contributed by atoms with van der Waals surface area (Å²) in [5.41, 5.74) is 3.32. The average molecular weight is 320 g/mol. The minimum atomic E-state index is -0.0529. The Labute approximate surface area is 140 Å². The van der Waals surface area contributed by atoms with Gasteiger partial charge in [-0.05, 0) is 54.8 Å². The Hall–Kier alpha value is -3.00. The third-order valence-corrected chi connectivity index (χ3v) is 4.58. The molecule has 0 spiro atoms. The highest BCUT2D eigenvalue weighted by molar-refractivity contribution is 5.95. The van der Waals surface area contributed by atoms with E-state index in [1.54, 1.807) is 24.3 Å². The Morgan fingerprint density at radius 2 is 1.96 bits per heavy atom. The van der Waals surface area contributed by atoms with Crippen molar-refractivity contribution < 1.29 is 14.3 Å². The van der Waals surface area contributed by atoms with E-state index in [2.05, 4.69) is 6.07 Å². The van der Waals surface area contributed by atoms with Crippen LogP contribution in [0.2, 0.25) is 0 Å². The largest absolute Gasteiger partial charge is 0.454 e. The van der Waals surface area contributed by atoms with Gasteiger partial charge in [0.15, 0.2) is 11.5 Å². The van der Waals surface area contributed by atoms with Crippen molar-refractivity contribution in [3.8, 4) is 17.6 Å². The lowest BCUT2D eigenvalue weighted by molar-refractivity contribution is 0.0658. The van der Waals surface area contributed by atoms with Crippen LogP contribution in [0.5, 0.6) is 11.5 Å². The smallest absolute Gasteiger partial charge is 0.254 e. The molecule has 1 unspecified atom stereocenters. The van der Waals surface area contributed by atoms with Crippen LogP contribution in [-0.2, 0) is 13.0 Å². The van der Waals surface area contributed by atoms with E-state index < -0.39 is 0 Å². The predicted octanol–water partition coefficient (Wildman–Crippen LogP) is 2.87. The standard InChI is InChI=1S/C19H16N2O3/c1-12-5-15-7-17-18(24-11-23-17)8-16(15)10-21(12)19(22)14-4-2-3-13(6-14)9-20/h2-4,6-8,12H,5,10-11H2,1H3. The van der Waals surface area contributed by atoms with Gasteiger partial charge < -0.3 is 14.4 Å². The number of ether oxygens (including phenoxy) is 2. The Kier molecular flexibility index (Phi) is 3.39. The van der Waals surface area contributed by atoms with Crippen LogP contribution in [0.4, 0.5) is 0 Å². The van der Waals surface area contributed by atoms with Gasteiger partial charge in [-0.25, -0.2) is 0 Å². The molecule has 0 N–H and O–H groups in total. The quantitative estimate of drug-likeness (QED) is 0.810. The molecule has 0 saturated heterocycles. The molecular weight excluding hydrogens is 304 g/mol. The first-order valence-electron chi connectivity index (χ1n) is 7.88. The fourth-order valence-electron chi connectivity index (χ4n) is 3.29. The van der Waals surface area contributed by atoms with E-state index in [1.165, 1.54) is 5.56 Å². The summed E-state index contributed by atoms with van der Waals surface area (Å²) < 4.78 is 10.9. The summed E-state index contributed by atoms with van der Waals surface area (Å²) in [5.74, 6) is 1.47. The number of benzene rings is 2. The number of carbonyl (C=O) groups excluding carboxylic acids is 1. The van der Waals surface area contributed by atoms with Crippen LogP contribution in [0.1, 0.15) is 34.0 Å². The second kappa shape index (κ2) is 5.57. The van der Waals surface area contributed by atoms with E-state index in [9.17, 15) is 4.79 Å². The van der Waals surface area contributed by atoms with Crippen molar-refractivity contribution in [3.05, 3.63) is 58.7 Å². The molecule has 120 valence electrons. The van der Waals surface area contributed by atoms with Gasteiger partial charge >= 0.3 is 0 Å². The van der Waals surface area contributed by atoms with Crippen molar-refractivity contribution >= 4 is 5.91 Å². The lowest BCUT2D eigenvalue weighted by Gasteiger charge is -2.35. The van der Waals surface area contributed by atoms with Crippen molar-refractivity contribution in [1.29, 1.82) is 5.26 Å². The van der Waals surface area contributed by atoms with Gasteiger partial charge in [0.05, 0.1) is 11.6 Å². The minimum absolute atomic E-state index is 0.0529. The number of carbonyl (C=O) groups is 1. The molecule has 2 aromatic rings. The zero-order valence-corrected chi connectivity index (χ0v) is 13.3. The van der Waals surface area contributed by atoms with Crippen molar-refractivity contribution in [2.24, 2.45) is 0 Å². The summed E-state index contributed by atoms with van der Waals surface area (Å²) in [6, 6.07) is 13.0. The highest BCUT2D eigenvalue weighted by Crippen LogP contribution is 2.38. The molecule has 4 rings (SSSR count). The number of nitriles is 1. The zero-order valence-electron chi connectivity index (χ0n) is 13.3. The van der Waals surface area contributed by atoms with Crippen LogP contribution < -0.4 is 9.47 Å². The third-order valence-electron chi connectivity index (χ3n) is 4.58. The normalized spacial score (nSPS) is 18.0. The maximum Gasteiger partial charge on any atom is 0.254 e. The SMILES string of the molecule is CC1Cc2cc3c(cc2CN1C(=O)c1cccc(C#N)c1)OCO3. The Morgan fingerprint density at radius 1 is 1.21 bits per heavy atom. The summed E-state index contributed by atoms with van der Waals surface area (Å²) in [6.07, 6.45) is 0.773. The van der Waals surface area contributed by atoms with Crippen LogP contribution in [-0.4, -0.2) is 23.6 Å². The van der Waals surface area contributed by atoms with Gasteiger partial charge in [0.2, 0.25) is 6.79 Å². The van der Waals surface area contributed by atoms with E-state index >= 15 is 0 Å². The van der Waals surface area contributed by atoms with Crippen LogP contribution in [0, 0.1) is 11.3 Å². The van der Waals surface area contributed by atoms with Crippen LogP contribution in [0.3, 0.4) is 0 Å². The Balaban J connectivity index is 1.65. The first kappa shape index (κ1) is 14.6. The fourth-order valence-corrected chi connectivity index (χ4v) is 3.29. The highest BCUT2D eigenvalue weighted by atomic mass is 16.7. The molecule has 0 radical (unpaired) electrons. The summed E-state index contributed by atoms with van der Waals surface area (Å²) in [4.78, 5) is 14.7. The van der Waals surface area contributed by atoms with E-state index in [0.717, 1.165) is 23.5 Å². The summed E-state index contributed by atoms with van der Waals surface area (Å²) in [5, 5.41) is 9.03. The number of fused-ring (bicyclic) bond motifs is 2. The number of hydrogen-bond acceptors (Lipinski definition) is 4. The second-order valence-electron chi connectivity index (χ2n) is 6.15. The van der Waals surface area contributed by atoms with Gasteiger partial charge in [0, 0.05) is 18.2 Å².